The molecular weight excluding hydrogens is 490 g/mol. The number of carbonyl (C=O) groups excluding carboxylic acids is 3. The Morgan fingerprint density at radius 2 is 1.95 bits per heavy atom. The van der Waals surface area contributed by atoms with Crippen LogP contribution in [0.3, 0.4) is 0 Å². The Labute approximate surface area is 222 Å². The molecule has 1 aromatic carbocycles. The lowest BCUT2D eigenvalue weighted by Crippen LogP contribution is -2.60. The van der Waals surface area contributed by atoms with Gasteiger partial charge in [0.1, 0.15) is 17.3 Å². The Hall–Kier alpha value is -2.69. The summed E-state index contributed by atoms with van der Waals surface area (Å²) >= 11 is 1.40. The maximum atomic E-state index is 12.8. The zero-order valence-electron chi connectivity index (χ0n) is 21.3. The minimum Gasteiger partial charge on any atom is -0.425 e. The second-order valence-corrected chi connectivity index (χ2v) is 11.1. The molecule has 4 unspecified atom stereocenters. The number of hydrogen-bond acceptors (Lipinski definition) is 8. The van der Waals surface area contributed by atoms with Gasteiger partial charge in [-0.1, -0.05) is 39.0 Å². The number of nitrogens with one attached hydrogen (secondary N) is 3. The molecule has 1 aliphatic heterocycles. The van der Waals surface area contributed by atoms with Crippen molar-refractivity contribution < 1.29 is 19.1 Å². The van der Waals surface area contributed by atoms with Gasteiger partial charge in [-0.2, -0.15) is 0 Å². The molecule has 0 spiro atoms. The van der Waals surface area contributed by atoms with Crippen molar-refractivity contribution in [2.75, 3.05) is 5.75 Å². The molecule has 10 heteroatoms. The minimum atomic E-state index is -0.828. The molecule has 5 N–H and O–H groups in total. The highest BCUT2D eigenvalue weighted by Crippen LogP contribution is 2.31. The SMILES string of the molecule is CCC1C(=O)NC(SCC(=O)c2ccc(OC(=O)C(N)Cc3cnc[nH]3)cc2)NC1CC1CCCCC1. The molecule has 1 saturated heterocycles. The topological polar surface area (TPSA) is 139 Å². The van der Waals surface area contributed by atoms with Gasteiger partial charge in [0.05, 0.1) is 18.0 Å². The lowest BCUT2D eigenvalue weighted by molar-refractivity contribution is -0.135. The van der Waals surface area contributed by atoms with Gasteiger partial charge in [0, 0.05) is 29.9 Å². The standard InChI is InChI=1S/C27H37N5O4S/c1-2-21-23(12-17-6-4-3-5-7-17)31-27(32-25(21)34)37-15-24(33)18-8-10-20(11-9-18)36-26(35)22(28)13-19-14-29-16-30-19/h8-11,14,16-17,21-23,27,31H,2-7,12-13,15,28H2,1H3,(H,29,30)(H,32,34). The average Bonchev–Trinajstić information content (AvgIpc) is 3.41. The molecule has 2 aliphatic rings. The molecule has 2 heterocycles. The monoisotopic (exact) mass is 527 g/mol. The quantitative estimate of drug-likeness (QED) is 0.199. The van der Waals surface area contributed by atoms with Crippen molar-refractivity contribution in [3.05, 3.63) is 48.0 Å². The van der Waals surface area contributed by atoms with Crippen molar-refractivity contribution in [1.29, 1.82) is 0 Å². The summed E-state index contributed by atoms with van der Waals surface area (Å²) in [5.41, 5.74) is 6.89. The first-order valence-electron chi connectivity index (χ1n) is 13.2. The number of benzene rings is 1. The van der Waals surface area contributed by atoms with Crippen molar-refractivity contribution in [2.45, 2.75) is 75.9 Å². The Morgan fingerprint density at radius 1 is 1.19 bits per heavy atom. The van der Waals surface area contributed by atoms with Gasteiger partial charge in [-0.3, -0.25) is 14.9 Å². The number of aromatic amines is 1. The van der Waals surface area contributed by atoms with Crippen LogP contribution >= 0.6 is 11.8 Å². The number of esters is 1. The molecule has 0 radical (unpaired) electrons. The first-order chi connectivity index (χ1) is 17.9. The summed E-state index contributed by atoms with van der Waals surface area (Å²) < 4.78 is 5.35. The van der Waals surface area contributed by atoms with Crippen LogP contribution in [-0.2, 0) is 16.0 Å². The van der Waals surface area contributed by atoms with E-state index in [1.165, 1.54) is 50.2 Å². The number of ether oxygens (including phenoxy) is 1. The van der Waals surface area contributed by atoms with E-state index in [1.54, 1.807) is 30.5 Å². The highest BCUT2D eigenvalue weighted by Gasteiger charge is 2.36. The molecule has 4 atom stereocenters. The third kappa shape index (κ3) is 7.66. The molecule has 4 rings (SSSR count). The maximum Gasteiger partial charge on any atom is 0.328 e. The number of amides is 1. The van der Waals surface area contributed by atoms with Crippen molar-refractivity contribution >= 4 is 29.4 Å². The van der Waals surface area contributed by atoms with E-state index in [1.807, 2.05) is 0 Å². The number of carbonyl (C=O) groups is 3. The van der Waals surface area contributed by atoms with E-state index in [0.29, 0.717) is 23.7 Å². The molecule has 37 heavy (non-hydrogen) atoms. The smallest absolute Gasteiger partial charge is 0.328 e. The Kier molecular flexibility index (Phi) is 9.76. The van der Waals surface area contributed by atoms with E-state index in [0.717, 1.165) is 18.5 Å². The molecule has 2 fully saturated rings. The predicted molar refractivity (Wildman–Crippen MR) is 143 cm³/mol. The molecule has 1 aliphatic carbocycles. The molecule has 1 aromatic heterocycles. The summed E-state index contributed by atoms with van der Waals surface area (Å²) in [6.07, 6.45) is 11.6. The number of ketones is 1. The average molecular weight is 528 g/mol. The molecule has 2 aromatic rings. The second-order valence-electron chi connectivity index (χ2n) is 9.98. The molecule has 9 nitrogen and oxygen atoms in total. The number of hydrogen-bond donors (Lipinski definition) is 4. The fourth-order valence-electron chi connectivity index (χ4n) is 5.20. The summed E-state index contributed by atoms with van der Waals surface area (Å²) in [6.45, 7) is 2.06. The van der Waals surface area contributed by atoms with Crippen LogP contribution in [0, 0.1) is 11.8 Å². The number of nitrogens with two attached hydrogens (primary N) is 1. The fourth-order valence-corrected chi connectivity index (χ4v) is 6.16. The number of nitrogens with zero attached hydrogens (tertiary/aromatic N) is 1. The summed E-state index contributed by atoms with van der Waals surface area (Å²) in [7, 11) is 0. The van der Waals surface area contributed by atoms with Gasteiger partial charge in [-0.15, -0.1) is 11.8 Å². The zero-order chi connectivity index (χ0) is 26.2. The number of Topliss-reactive ketones (excluding diaryl/α,β-unsaturated/α-hetero) is 1. The van der Waals surface area contributed by atoms with Crippen LogP contribution in [0.4, 0.5) is 0 Å². The third-order valence-electron chi connectivity index (χ3n) is 7.29. The van der Waals surface area contributed by atoms with E-state index >= 15 is 0 Å². The summed E-state index contributed by atoms with van der Waals surface area (Å²) in [4.78, 5) is 44.6. The predicted octanol–water partition coefficient (Wildman–Crippen LogP) is 3.17. The van der Waals surface area contributed by atoms with Crippen LogP contribution in [0.15, 0.2) is 36.8 Å². The summed E-state index contributed by atoms with van der Waals surface area (Å²) in [6, 6.07) is 5.76. The van der Waals surface area contributed by atoms with Crippen LogP contribution in [0.25, 0.3) is 0 Å². The Morgan fingerprint density at radius 3 is 2.62 bits per heavy atom. The minimum absolute atomic E-state index is 0.0302. The molecule has 1 saturated carbocycles. The van der Waals surface area contributed by atoms with E-state index in [2.05, 4.69) is 27.5 Å². The number of H-pyrrole nitrogens is 1. The highest BCUT2D eigenvalue weighted by molar-refractivity contribution is 8.00. The van der Waals surface area contributed by atoms with Gasteiger partial charge in [0.15, 0.2) is 5.78 Å². The first-order valence-corrected chi connectivity index (χ1v) is 14.2. The number of aromatic nitrogens is 2. The van der Waals surface area contributed by atoms with Gasteiger partial charge in [-0.25, -0.2) is 9.78 Å². The van der Waals surface area contributed by atoms with Crippen LogP contribution in [0.1, 0.15) is 67.9 Å². The summed E-state index contributed by atoms with van der Waals surface area (Å²) in [5, 5.41) is 6.63. The zero-order valence-corrected chi connectivity index (χ0v) is 22.1. The van der Waals surface area contributed by atoms with Gasteiger partial charge in [0.25, 0.3) is 0 Å². The maximum absolute atomic E-state index is 12.8. The van der Waals surface area contributed by atoms with Crippen LogP contribution < -0.4 is 21.1 Å². The van der Waals surface area contributed by atoms with E-state index in [-0.39, 0.29) is 34.9 Å². The lowest BCUT2D eigenvalue weighted by atomic mass is 9.80. The first kappa shape index (κ1) is 27.3. The third-order valence-corrected chi connectivity index (χ3v) is 8.30. The van der Waals surface area contributed by atoms with Crippen molar-refractivity contribution in [2.24, 2.45) is 17.6 Å². The van der Waals surface area contributed by atoms with Gasteiger partial charge in [0.2, 0.25) is 5.91 Å². The lowest BCUT2D eigenvalue weighted by Gasteiger charge is -2.39. The second kappa shape index (κ2) is 13.2. The molecule has 0 bridgehead atoms. The van der Waals surface area contributed by atoms with Crippen molar-refractivity contribution in [3.63, 3.8) is 0 Å². The largest absolute Gasteiger partial charge is 0.425 e. The van der Waals surface area contributed by atoms with E-state index < -0.39 is 12.0 Å². The van der Waals surface area contributed by atoms with Crippen LogP contribution in [0.2, 0.25) is 0 Å². The number of rotatable bonds is 11. The van der Waals surface area contributed by atoms with Crippen molar-refractivity contribution in [3.8, 4) is 5.75 Å². The highest BCUT2D eigenvalue weighted by atomic mass is 32.2. The normalized spacial score (nSPS) is 23.3. The molecular formula is C27H37N5O4S. The Bertz CT molecular complexity index is 1040. The van der Waals surface area contributed by atoms with Gasteiger partial charge >= 0.3 is 5.97 Å². The number of thioether (sulfide) groups is 1. The molecule has 1 amide bonds. The van der Waals surface area contributed by atoms with E-state index in [9.17, 15) is 14.4 Å². The van der Waals surface area contributed by atoms with Crippen LogP contribution in [0.5, 0.6) is 5.75 Å². The van der Waals surface area contributed by atoms with E-state index in [4.69, 9.17) is 10.5 Å². The summed E-state index contributed by atoms with van der Waals surface area (Å²) in [5.74, 6) is 0.644. The van der Waals surface area contributed by atoms with Gasteiger partial charge < -0.3 is 20.8 Å². The Balaban J connectivity index is 1.26. The van der Waals surface area contributed by atoms with Crippen LogP contribution in [-0.4, -0.2) is 51.0 Å². The molecule has 200 valence electrons. The number of imidazole rings is 1. The van der Waals surface area contributed by atoms with Crippen molar-refractivity contribution in [1.82, 2.24) is 20.6 Å². The fraction of sp³-hybridized carbons (Fsp3) is 0.556. The van der Waals surface area contributed by atoms with Gasteiger partial charge in [-0.05, 0) is 43.0 Å².